The lowest BCUT2D eigenvalue weighted by Gasteiger charge is -2.30. The van der Waals surface area contributed by atoms with Crippen LogP contribution in [0.15, 0.2) is 29.2 Å². The third-order valence-corrected chi connectivity index (χ3v) is 5.90. The van der Waals surface area contributed by atoms with Gasteiger partial charge in [0.15, 0.2) is 5.52 Å². The van der Waals surface area contributed by atoms with Gasteiger partial charge in [0.05, 0.1) is 16.2 Å². The molecule has 0 saturated carbocycles. The molecule has 158 valence electrons. The zero-order valence-corrected chi connectivity index (χ0v) is 17.4. The summed E-state index contributed by atoms with van der Waals surface area (Å²) in [7, 11) is 0. The molecule has 11 heteroatoms. The summed E-state index contributed by atoms with van der Waals surface area (Å²) < 4.78 is 1.61. The molecule has 0 radical (unpaired) electrons. The number of aromatic nitrogens is 4. The molecule has 1 amide bonds. The Morgan fingerprint density at radius 3 is 2.93 bits per heavy atom. The lowest BCUT2D eigenvalue weighted by Crippen LogP contribution is -2.40. The van der Waals surface area contributed by atoms with E-state index >= 15 is 0 Å². The van der Waals surface area contributed by atoms with Gasteiger partial charge in [0, 0.05) is 26.2 Å². The van der Waals surface area contributed by atoms with Gasteiger partial charge in [-0.2, -0.15) is 5.10 Å². The highest BCUT2D eigenvalue weighted by molar-refractivity contribution is 6.42. The summed E-state index contributed by atoms with van der Waals surface area (Å²) in [4.78, 5) is 32.5. The molecular formula is C19H20Cl2N6O3. The van der Waals surface area contributed by atoms with Gasteiger partial charge < -0.3 is 15.3 Å². The lowest BCUT2D eigenvalue weighted by molar-refractivity contribution is 0.116. The molecule has 1 atom stereocenters. The Kier molecular flexibility index (Phi) is 5.83. The molecule has 3 heterocycles. The predicted octanol–water partition coefficient (Wildman–Crippen LogP) is 3.43. The SMILES string of the molecule is O=C(O)N1CCC[C@H](Cn2ncc3nc(NCc4ccc(Cl)c(Cl)c4)[nH]c(=O)c32)C1. The molecule has 9 nitrogen and oxygen atoms in total. The van der Waals surface area contributed by atoms with Crippen LogP contribution in [0.2, 0.25) is 10.0 Å². The van der Waals surface area contributed by atoms with Crippen LogP contribution >= 0.6 is 23.2 Å². The first kappa shape index (κ1) is 20.5. The number of aromatic amines is 1. The van der Waals surface area contributed by atoms with E-state index in [1.165, 1.54) is 4.90 Å². The van der Waals surface area contributed by atoms with Crippen molar-refractivity contribution in [1.82, 2.24) is 24.6 Å². The topological polar surface area (TPSA) is 116 Å². The fourth-order valence-electron chi connectivity index (χ4n) is 3.70. The summed E-state index contributed by atoms with van der Waals surface area (Å²) in [5.74, 6) is 0.428. The molecule has 1 aliphatic heterocycles. The van der Waals surface area contributed by atoms with Crippen molar-refractivity contribution in [3.8, 4) is 0 Å². The molecule has 1 aliphatic rings. The highest BCUT2D eigenvalue weighted by atomic mass is 35.5. The van der Waals surface area contributed by atoms with E-state index in [1.54, 1.807) is 23.0 Å². The molecule has 2 aromatic heterocycles. The summed E-state index contributed by atoms with van der Waals surface area (Å²) in [5.41, 5.74) is 1.44. The number of H-pyrrole nitrogens is 1. The van der Waals surface area contributed by atoms with Crippen molar-refractivity contribution >= 4 is 46.3 Å². The van der Waals surface area contributed by atoms with Crippen LogP contribution in [-0.2, 0) is 13.1 Å². The van der Waals surface area contributed by atoms with Crippen molar-refractivity contribution < 1.29 is 9.90 Å². The molecule has 0 bridgehead atoms. The number of nitrogens with zero attached hydrogens (tertiary/aromatic N) is 4. The van der Waals surface area contributed by atoms with Crippen LogP contribution in [0.3, 0.4) is 0 Å². The number of benzene rings is 1. The molecule has 0 unspecified atom stereocenters. The molecule has 0 spiro atoms. The zero-order chi connectivity index (χ0) is 21.3. The second kappa shape index (κ2) is 8.53. The third-order valence-electron chi connectivity index (χ3n) is 5.16. The summed E-state index contributed by atoms with van der Waals surface area (Å²) in [6.07, 6.45) is 2.32. The van der Waals surface area contributed by atoms with Crippen molar-refractivity contribution in [2.75, 3.05) is 18.4 Å². The van der Waals surface area contributed by atoms with Crippen molar-refractivity contribution in [2.24, 2.45) is 5.92 Å². The van der Waals surface area contributed by atoms with Gasteiger partial charge in [-0.15, -0.1) is 0 Å². The Bertz CT molecular complexity index is 1140. The van der Waals surface area contributed by atoms with Crippen LogP contribution in [0.1, 0.15) is 18.4 Å². The van der Waals surface area contributed by atoms with Crippen molar-refractivity contribution in [1.29, 1.82) is 0 Å². The van der Waals surface area contributed by atoms with E-state index < -0.39 is 6.09 Å². The van der Waals surface area contributed by atoms with E-state index in [1.807, 2.05) is 6.07 Å². The Morgan fingerprint density at radius 2 is 2.17 bits per heavy atom. The molecule has 1 aromatic carbocycles. The standard InChI is InChI=1S/C19H20Cl2N6O3/c20-13-4-3-11(6-14(13)21)7-22-18-24-15-8-23-27(16(15)17(28)25-18)10-12-2-1-5-26(9-12)19(29)30/h3-4,6,8,12H,1-2,5,7,9-10H2,(H,29,30)(H2,22,24,25,28)/t12-/m0/s1. The van der Waals surface area contributed by atoms with E-state index in [0.717, 1.165) is 18.4 Å². The monoisotopic (exact) mass is 450 g/mol. The molecule has 1 saturated heterocycles. The average Bonchev–Trinajstić information content (AvgIpc) is 3.12. The molecule has 1 fully saturated rings. The highest BCUT2D eigenvalue weighted by Crippen LogP contribution is 2.23. The van der Waals surface area contributed by atoms with Crippen LogP contribution in [0.25, 0.3) is 11.0 Å². The molecule has 4 rings (SSSR count). The number of fused-ring (bicyclic) bond motifs is 1. The van der Waals surface area contributed by atoms with Gasteiger partial charge in [-0.05, 0) is 36.5 Å². The van der Waals surface area contributed by atoms with Crippen LogP contribution < -0.4 is 10.9 Å². The molecular weight excluding hydrogens is 431 g/mol. The Balaban J connectivity index is 1.49. The maximum Gasteiger partial charge on any atom is 0.407 e. The van der Waals surface area contributed by atoms with Gasteiger partial charge in [0.2, 0.25) is 5.95 Å². The van der Waals surface area contributed by atoms with Gasteiger partial charge in [-0.25, -0.2) is 9.78 Å². The minimum absolute atomic E-state index is 0.102. The maximum atomic E-state index is 12.7. The quantitative estimate of drug-likeness (QED) is 0.548. The maximum absolute atomic E-state index is 12.7. The Hall–Kier alpha value is -2.78. The van der Waals surface area contributed by atoms with E-state index in [2.05, 4.69) is 20.4 Å². The second-order valence-corrected chi connectivity index (χ2v) is 8.13. The minimum atomic E-state index is -0.915. The zero-order valence-electron chi connectivity index (χ0n) is 15.9. The number of amides is 1. The minimum Gasteiger partial charge on any atom is -0.465 e. The van der Waals surface area contributed by atoms with E-state index in [4.69, 9.17) is 23.2 Å². The molecule has 3 N–H and O–H groups in total. The number of rotatable bonds is 5. The first-order chi connectivity index (χ1) is 14.4. The van der Waals surface area contributed by atoms with Crippen LogP contribution in [0.5, 0.6) is 0 Å². The number of nitrogens with one attached hydrogen (secondary N) is 2. The number of carboxylic acid groups (broad SMARTS) is 1. The number of piperidine rings is 1. The Labute approximate surface area is 181 Å². The van der Waals surface area contributed by atoms with E-state index in [-0.39, 0.29) is 11.5 Å². The van der Waals surface area contributed by atoms with Gasteiger partial charge >= 0.3 is 6.09 Å². The van der Waals surface area contributed by atoms with Crippen LogP contribution in [-0.4, -0.2) is 48.9 Å². The third kappa shape index (κ3) is 4.36. The molecule has 0 aliphatic carbocycles. The van der Waals surface area contributed by atoms with Crippen LogP contribution in [0.4, 0.5) is 10.7 Å². The smallest absolute Gasteiger partial charge is 0.407 e. The van der Waals surface area contributed by atoms with Crippen LogP contribution in [0, 0.1) is 5.92 Å². The number of likely N-dealkylation sites (tertiary alicyclic amines) is 1. The lowest BCUT2D eigenvalue weighted by atomic mass is 9.98. The number of hydrogen-bond donors (Lipinski definition) is 3. The predicted molar refractivity (Wildman–Crippen MR) is 114 cm³/mol. The van der Waals surface area contributed by atoms with Gasteiger partial charge in [-0.3, -0.25) is 14.5 Å². The molecule has 30 heavy (non-hydrogen) atoms. The van der Waals surface area contributed by atoms with E-state index in [9.17, 15) is 14.7 Å². The summed E-state index contributed by atoms with van der Waals surface area (Å²) in [6.45, 7) is 1.85. The molecule has 3 aromatic rings. The summed E-state index contributed by atoms with van der Waals surface area (Å²) >= 11 is 12.0. The van der Waals surface area contributed by atoms with Gasteiger partial charge in [0.25, 0.3) is 5.56 Å². The first-order valence-corrected chi connectivity index (χ1v) is 10.3. The van der Waals surface area contributed by atoms with Crippen molar-refractivity contribution in [3.05, 3.63) is 50.4 Å². The number of anilines is 1. The number of carbonyl (C=O) groups is 1. The fraction of sp³-hybridized carbons (Fsp3) is 0.368. The highest BCUT2D eigenvalue weighted by Gasteiger charge is 2.24. The average molecular weight is 451 g/mol. The van der Waals surface area contributed by atoms with Crippen molar-refractivity contribution in [3.63, 3.8) is 0 Å². The second-order valence-electron chi connectivity index (χ2n) is 7.31. The summed E-state index contributed by atoms with van der Waals surface area (Å²) in [6, 6.07) is 5.29. The fourth-order valence-corrected chi connectivity index (χ4v) is 4.02. The Morgan fingerprint density at radius 1 is 1.33 bits per heavy atom. The van der Waals surface area contributed by atoms with Gasteiger partial charge in [0.1, 0.15) is 5.52 Å². The summed E-state index contributed by atoms with van der Waals surface area (Å²) in [5, 5.41) is 17.5. The number of hydrogen-bond acceptors (Lipinski definition) is 5. The van der Waals surface area contributed by atoms with Gasteiger partial charge in [-0.1, -0.05) is 29.3 Å². The largest absolute Gasteiger partial charge is 0.465 e. The number of halogens is 2. The normalized spacial score (nSPS) is 16.7. The van der Waals surface area contributed by atoms with E-state index in [0.29, 0.717) is 53.2 Å². The van der Waals surface area contributed by atoms with Crippen molar-refractivity contribution in [2.45, 2.75) is 25.9 Å². The first-order valence-electron chi connectivity index (χ1n) is 9.52.